The van der Waals surface area contributed by atoms with Crippen LogP contribution in [0.25, 0.3) is 0 Å². The molecule has 3 atom stereocenters. The fraction of sp³-hybridized carbons (Fsp3) is 0.333. The highest BCUT2D eigenvalue weighted by molar-refractivity contribution is 7.84. The van der Waals surface area contributed by atoms with Crippen molar-refractivity contribution >= 4 is 11.0 Å². The van der Waals surface area contributed by atoms with Crippen molar-refractivity contribution in [1.82, 2.24) is 4.72 Å². The number of hydrogen-bond donors (Lipinski definition) is 1. The molecule has 0 saturated carbocycles. The Hall–Kier alpha value is -1.91. The Bertz CT molecular complexity index is 722. The van der Waals surface area contributed by atoms with Gasteiger partial charge in [0.2, 0.25) is 0 Å². The van der Waals surface area contributed by atoms with E-state index >= 15 is 0 Å². The van der Waals surface area contributed by atoms with Gasteiger partial charge in [-0.15, -0.1) is 6.58 Å². The molecule has 0 radical (unpaired) electrons. The lowest BCUT2D eigenvalue weighted by atomic mass is 9.87. The summed E-state index contributed by atoms with van der Waals surface area (Å²) in [6.07, 6.45) is 1.90. The van der Waals surface area contributed by atoms with Gasteiger partial charge in [-0.05, 0) is 44.0 Å². The zero-order valence-corrected chi connectivity index (χ0v) is 16.2. The van der Waals surface area contributed by atoms with Gasteiger partial charge in [-0.25, -0.2) is 8.93 Å². The fourth-order valence-electron chi connectivity index (χ4n) is 2.61. The third kappa shape index (κ3) is 5.03. The molecule has 3 nitrogen and oxygen atoms in total. The summed E-state index contributed by atoms with van der Waals surface area (Å²) < 4.78 is 21.1. The fourth-order valence-corrected chi connectivity index (χ4v) is 3.48. The molecule has 1 N–H and O–H groups in total. The van der Waals surface area contributed by atoms with Crippen LogP contribution in [0.15, 0.2) is 67.3 Å². The Morgan fingerprint density at radius 3 is 2.28 bits per heavy atom. The van der Waals surface area contributed by atoms with E-state index in [9.17, 15) is 4.21 Å². The predicted molar refractivity (Wildman–Crippen MR) is 106 cm³/mol. The number of rotatable bonds is 7. The minimum absolute atomic E-state index is 0.0381. The number of benzene rings is 2. The van der Waals surface area contributed by atoms with Crippen molar-refractivity contribution in [3.8, 4) is 5.75 Å². The summed E-state index contributed by atoms with van der Waals surface area (Å²) in [5.41, 5.74) is 2.15. The standard InChI is InChI=1S/C21H27NO2S/c1-6-19(17-13-10-14-18(15-17)24-5)20(16-11-8-7-9-12-16)22-25(23)21(2,3)4/h6-15,19-20,22H,1H2,2-5H3/t19-,20+,25+/m0/s1. The summed E-state index contributed by atoms with van der Waals surface area (Å²) in [4.78, 5) is 0. The molecule has 4 heteroatoms. The molecule has 2 aromatic rings. The molecule has 0 heterocycles. The lowest BCUT2D eigenvalue weighted by Crippen LogP contribution is -2.37. The second-order valence-electron chi connectivity index (χ2n) is 6.93. The van der Waals surface area contributed by atoms with E-state index in [0.717, 1.165) is 16.9 Å². The van der Waals surface area contributed by atoms with Crippen molar-refractivity contribution in [3.05, 3.63) is 78.4 Å². The lowest BCUT2D eigenvalue weighted by molar-refractivity contribution is 0.413. The monoisotopic (exact) mass is 357 g/mol. The zero-order valence-electron chi connectivity index (χ0n) is 15.4. The van der Waals surface area contributed by atoms with Gasteiger partial charge in [-0.3, -0.25) is 0 Å². The summed E-state index contributed by atoms with van der Waals surface area (Å²) in [7, 11) is 0.456. The molecule has 2 rings (SSSR count). The quantitative estimate of drug-likeness (QED) is 0.726. The predicted octanol–water partition coefficient (Wildman–Crippen LogP) is 4.76. The summed E-state index contributed by atoms with van der Waals surface area (Å²) in [6.45, 7) is 9.92. The maximum Gasteiger partial charge on any atom is 0.119 e. The second-order valence-corrected chi connectivity index (χ2v) is 8.92. The first kappa shape index (κ1) is 19.4. The maximum atomic E-state index is 12.8. The number of nitrogens with one attached hydrogen (secondary N) is 1. The number of methoxy groups -OCH3 is 1. The molecule has 0 saturated heterocycles. The molecule has 2 aromatic carbocycles. The molecule has 0 amide bonds. The van der Waals surface area contributed by atoms with Crippen LogP contribution in [0.1, 0.15) is 43.9 Å². The van der Waals surface area contributed by atoms with Gasteiger partial charge in [0.25, 0.3) is 0 Å². The van der Waals surface area contributed by atoms with Gasteiger partial charge in [0.1, 0.15) is 5.75 Å². The highest BCUT2D eigenvalue weighted by atomic mass is 32.2. The van der Waals surface area contributed by atoms with Crippen LogP contribution in [0.3, 0.4) is 0 Å². The molecular formula is C21H27NO2S. The summed E-state index contributed by atoms with van der Waals surface area (Å²) in [5.74, 6) is 0.761. The largest absolute Gasteiger partial charge is 0.497 e. The molecular weight excluding hydrogens is 330 g/mol. The lowest BCUT2D eigenvalue weighted by Gasteiger charge is -2.29. The Morgan fingerprint density at radius 2 is 1.72 bits per heavy atom. The molecule has 0 aromatic heterocycles. The molecule has 0 bridgehead atoms. The van der Waals surface area contributed by atoms with Crippen LogP contribution >= 0.6 is 0 Å². The van der Waals surface area contributed by atoms with Crippen LogP contribution in [-0.4, -0.2) is 16.1 Å². The van der Waals surface area contributed by atoms with Crippen molar-refractivity contribution in [3.63, 3.8) is 0 Å². The first-order valence-electron chi connectivity index (χ1n) is 8.36. The molecule has 25 heavy (non-hydrogen) atoms. The molecule has 0 unspecified atom stereocenters. The van der Waals surface area contributed by atoms with Crippen molar-refractivity contribution in [1.29, 1.82) is 0 Å². The van der Waals surface area contributed by atoms with Gasteiger partial charge in [0, 0.05) is 5.92 Å². The van der Waals surface area contributed by atoms with E-state index < -0.39 is 11.0 Å². The van der Waals surface area contributed by atoms with E-state index in [1.807, 2.05) is 81.4 Å². The van der Waals surface area contributed by atoms with Gasteiger partial charge in [0.05, 0.1) is 28.9 Å². The summed E-state index contributed by atoms with van der Waals surface area (Å²) in [6, 6.07) is 17.9. The zero-order chi connectivity index (χ0) is 18.4. The van der Waals surface area contributed by atoms with Crippen LogP contribution in [0.4, 0.5) is 0 Å². The van der Waals surface area contributed by atoms with Gasteiger partial charge < -0.3 is 4.74 Å². The van der Waals surface area contributed by atoms with E-state index in [-0.39, 0.29) is 16.7 Å². The normalized spacial score (nSPS) is 15.2. The van der Waals surface area contributed by atoms with Crippen molar-refractivity contribution in [2.24, 2.45) is 0 Å². The Labute approximate surface area is 153 Å². The minimum atomic E-state index is -1.20. The molecule has 0 aliphatic carbocycles. The molecule has 0 fully saturated rings. The summed E-state index contributed by atoms with van der Waals surface area (Å²) >= 11 is 0. The minimum Gasteiger partial charge on any atom is -0.497 e. The number of hydrogen-bond acceptors (Lipinski definition) is 2. The van der Waals surface area contributed by atoms with Crippen molar-refractivity contribution in [2.75, 3.05) is 7.11 Å². The van der Waals surface area contributed by atoms with E-state index in [2.05, 4.69) is 11.3 Å². The van der Waals surface area contributed by atoms with E-state index in [0.29, 0.717) is 0 Å². The van der Waals surface area contributed by atoms with Crippen LogP contribution in [-0.2, 0) is 11.0 Å². The van der Waals surface area contributed by atoms with Gasteiger partial charge in [0.15, 0.2) is 0 Å². The molecule has 0 aliphatic rings. The van der Waals surface area contributed by atoms with Crippen LogP contribution < -0.4 is 9.46 Å². The Kier molecular flexibility index (Phi) is 6.57. The van der Waals surface area contributed by atoms with E-state index in [1.54, 1.807) is 7.11 Å². The Balaban J connectivity index is 2.44. The average molecular weight is 358 g/mol. The second kappa shape index (κ2) is 8.45. The van der Waals surface area contributed by atoms with E-state index in [4.69, 9.17) is 4.74 Å². The first-order valence-corrected chi connectivity index (χ1v) is 9.51. The van der Waals surface area contributed by atoms with Gasteiger partial charge in [-0.2, -0.15) is 0 Å². The highest BCUT2D eigenvalue weighted by Crippen LogP contribution is 2.34. The highest BCUT2D eigenvalue weighted by Gasteiger charge is 2.28. The van der Waals surface area contributed by atoms with Crippen LogP contribution in [0.5, 0.6) is 5.75 Å². The SMILES string of the molecule is C=C[C@@H](c1cccc(OC)c1)[C@H](N[S@](=O)C(C)(C)C)c1ccccc1. The topological polar surface area (TPSA) is 38.3 Å². The van der Waals surface area contributed by atoms with Gasteiger partial charge in [-0.1, -0.05) is 48.5 Å². The molecule has 0 spiro atoms. The number of ether oxygens (including phenoxy) is 1. The molecule has 134 valence electrons. The smallest absolute Gasteiger partial charge is 0.119 e. The summed E-state index contributed by atoms with van der Waals surface area (Å²) in [5, 5.41) is 0. The third-order valence-corrected chi connectivity index (χ3v) is 5.62. The van der Waals surface area contributed by atoms with E-state index in [1.165, 1.54) is 0 Å². The first-order chi connectivity index (χ1) is 11.9. The maximum absolute atomic E-state index is 12.8. The van der Waals surface area contributed by atoms with Crippen LogP contribution in [0.2, 0.25) is 0 Å². The molecule has 0 aliphatic heterocycles. The van der Waals surface area contributed by atoms with Gasteiger partial charge >= 0.3 is 0 Å². The third-order valence-electron chi connectivity index (χ3n) is 4.04. The average Bonchev–Trinajstić information content (AvgIpc) is 2.61. The van der Waals surface area contributed by atoms with Crippen molar-refractivity contribution in [2.45, 2.75) is 37.5 Å². The Morgan fingerprint density at radius 1 is 1.08 bits per heavy atom. The van der Waals surface area contributed by atoms with Crippen molar-refractivity contribution < 1.29 is 8.95 Å². The van der Waals surface area contributed by atoms with Crippen LogP contribution in [0, 0.1) is 0 Å².